The number of hydrogen-bond acceptors (Lipinski definition) is 0. The van der Waals surface area contributed by atoms with E-state index in [0.717, 1.165) is 23.7 Å². The molecule has 0 spiro atoms. The van der Waals surface area contributed by atoms with E-state index in [-0.39, 0.29) is 14.9 Å². The van der Waals surface area contributed by atoms with E-state index >= 15 is 0 Å². The molecule has 0 aromatic heterocycles. The van der Waals surface area contributed by atoms with Gasteiger partial charge < -0.3 is 0 Å². The highest BCUT2D eigenvalue weighted by Gasteiger charge is 2.34. The molecule has 0 nitrogen and oxygen atoms in total. The van der Waals surface area contributed by atoms with Gasteiger partial charge in [0.2, 0.25) is 0 Å². The summed E-state index contributed by atoms with van der Waals surface area (Å²) in [5.74, 6) is 3.89. The maximum absolute atomic E-state index is 2.40. The highest BCUT2D eigenvalue weighted by molar-refractivity contribution is 4.85. The van der Waals surface area contributed by atoms with Crippen molar-refractivity contribution in [2.75, 3.05) is 0 Å². The van der Waals surface area contributed by atoms with Crippen molar-refractivity contribution in [1.29, 1.82) is 0 Å². The van der Waals surface area contributed by atoms with Gasteiger partial charge in [-0.25, -0.2) is 0 Å². The topological polar surface area (TPSA) is 0 Å². The molecule has 31 heavy (non-hydrogen) atoms. The molecule has 2 rings (SSSR count). The minimum atomic E-state index is 0. The van der Waals surface area contributed by atoms with E-state index < -0.39 is 0 Å². The van der Waals surface area contributed by atoms with E-state index in [4.69, 9.17) is 0 Å². The maximum atomic E-state index is 2.40. The van der Waals surface area contributed by atoms with Gasteiger partial charge in [0.15, 0.2) is 0 Å². The van der Waals surface area contributed by atoms with Crippen molar-refractivity contribution in [3.63, 3.8) is 0 Å². The molecular formula is C31H66. The molecule has 2 aliphatic rings. The monoisotopic (exact) mass is 439 g/mol. The van der Waals surface area contributed by atoms with E-state index in [1.165, 1.54) is 57.8 Å². The molecule has 0 N–H and O–H groups in total. The Morgan fingerprint density at radius 1 is 0.419 bits per heavy atom. The molecule has 2 fully saturated rings. The Hall–Kier alpha value is 0. The molecule has 0 aromatic rings. The first kappa shape index (κ1) is 33.2. The van der Waals surface area contributed by atoms with Gasteiger partial charge in [0.1, 0.15) is 0 Å². The van der Waals surface area contributed by atoms with Crippen LogP contribution in [0.15, 0.2) is 0 Å². The summed E-state index contributed by atoms with van der Waals surface area (Å²) in [5, 5.41) is 0. The van der Waals surface area contributed by atoms with Gasteiger partial charge in [0.05, 0.1) is 0 Å². The number of rotatable bonds is 1. The van der Waals surface area contributed by atoms with Crippen LogP contribution in [0.4, 0.5) is 0 Å². The molecule has 0 saturated heterocycles. The fourth-order valence-corrected chi connectivity index (χ4v) is 5.92. The second-order valence-electron chi connectivity index (χ2n) is 15.1. The lowest BCUT2D eigenvalue weighted by Gasteiger charge is -2.41. The Labute approximate surface area is 201 Å². The van der Waals surface area contributed by atoms with Crippen LogP contribution in [0.5, 0.6) is 0 Å². The molecule has 0 heterocycles. The molecule has 190 valence electrons. The van der Waals surface area contributed by atoms with Crippen LogP contribution in [-0.2, 0) is 0 Å². The van der Waals surface area contributed by atoms with E-state index in [0.29, 0.717) is 21.7 Å². The average molecular weight is 439 g/mol. The molecular weight excluding hydrogens is 372 g/mol. The molecule has 2 aliphatic carbocycles. The predicted octanol–water partition coefficient (Wildman–Crippen LogP) is 11.4. The van der Waals surface area contributed by atoms with Crippen LogP contribution in [-0.4, -0.2) is 0 Å². The third-order valence-electron chi connectivity index (χ3n) is 8.15. The summed E-state index contributed by atoms with van der Waals surface area (Å²) >= 11 is 0. The van der Waals surface area contributed by atoms with Gasteiger partial charge in [0.25, 0.3) is 0 Å². The lowest BCUT2D eigenvalue weighted by molar-refractivity contribution is 0.0970. The third-order valence-corrected chi connectivity index (χ3v) is 8.15. The standard InChI is InChI=1S/C15H30.C14H28.2CH4/c1-14(2,3)11-12-7-9-13(10-8-12)15(4,5)6;1-13(2,3)11-7-9-12(10-8-11)14(4,5)6;;/h12-13H,7-11H2,1-6H3;11-12H,7-10H2,1-6H3;2*1H4. The van der Waals surface area contributed by atoms with Crippen LogP contribution in [0.3, 0.4) is 0 Å². The molecule has 0 atom stereocenters. The van der Waals surface area contributed by atoms with Crippen LogP contribution >= 0.6 is 0 Å². The minimum absolute atomic E-state index is 0. The van der Waals surface area contributed by atoms with Crippen LogP contribution in [0.2, 0.25) is 0 Å². The second kappa shape index (κ2) is 12.5. The Bertz CT molecular complexity index is 418. The van der Waals surface area contributed by atoms with E-state index in [9.17, 15) is 0 Å². The molecule has 0 aromatic carbocycles. The van der Waals surface area contributed by atoms with Crippen LogP contribution in [0.25, 0.3) is 0 Å². The van der Waals surface area contributed by atoms with Crippen LogP contribution in [0.1, 0.15) is 156 Å². The van der Waals surface area contributed by atoms with Crippen molar-refractivity contribution in [3.05, 3.63) is 0 Å². The smallest absolute Gasteiger partial charge is 0.0354 e. The van der Waals surface area contributed by atoms with E-state index in [2.05, 4.69) is 83.1 Å². The highest BCUT2D eigenvalue weighted by Crippen LogP contribution is 2.45. The van der Waals surface area contributed by atoms with Crippen molar-refractivity contribution in [2.45, 2.75) is 156 Å². The van der Waals surface area contributed by atoms with Gasteiger partial charge in [-0.2, -0.15) is 0 Å². The molecule has 0 heteroatoms. The molecule has 2 saturated carbocycles. The van der Waals surface area contributed by atoms with E-state index in [1.807, 2.05) is 0 Å². The Morgan fingerprint density at radius 3 is 0.839 bits per heavy atom. The summed E-state index contributed by atoms with van der Waals surface area (Å²) in [6, 6.07) is 0. The Morgan fingerprint density at radius 2 is 0.645 bits per heavy atom. The summed E-state index contributed by atoms with van der Waals surface area (Å²) in [5.41, 5.74) is 2.12. The third kappa shape index (κ3) is 12.7. The van der Waals surface area contributed by atoms with Crippen LogP contribution < -0.4 is 0 Å². The Kier molecular flexibility index (Phi) is 13.3. The summed E-state index contributed by atoms with van der Waals surface area (Å²) in [7, 11) is 0. The van der Waals surface area contributed by atoms with Gasteiger partial charge in [-0.05, 0) is 90.3 Å². The average Bonchev–Trinajstić information content (AvgIpc) is 2.52. The van der Waals surface area contributed by atoms with Crippen molar-refractivity contribution in [2.24, 2.45) is 45.3 Å². The second-order valence-corrected chi connectivity index (χ2v) is 15.1. The SMILES string of the molecule is C.C.CC(C)(C)C1CCC(C(C)(C)C)CC1.CC(C)(C)CC1CCC(C(C)(C)C)CC1. The summed E-state index contributed by atoms with van der Waals surface area (Å²) in [6.45, 7) is 28.7. The first-order valence-corrected chi connectivity index (χ1v) is 12.9. The lowest BCUT2D eigenvalue weighted by Crippen LogP contribution is -2.30. The quantitative estimate of drug-likeness (QED) is 0.381. The van der Waals surface area contributed by atoms with Gasteiger partial charge in [-0.15, -0.1) is 0 Å². The molecule has 0 unspecified atom stereocenters. The Balaban J connectivity index is 0. The first-order chi connectivity index (χ1) is 12.9. The van der Waals surface area contributed by atoms with Gasteiger partial charge in [-0.3, -0.25) is 0 Å². The van der Waals surface area contributed by atoms with Crippen molar-refractivity contribution in [3.8, 4) is 0 Å². The largest absolute Gasteiger partial charge is 0.0776 e. The zero-order valence-corrected chi connectivity index (χ0v) is 22.7. The molecule has 0 aliphatic heterocycles. The minimum Gasteiger partial charge on any atom is -0.0776 e. The first-order valence-electron chi connectivity index (χ1n) is 12.9. The zero-order chi connectivity index (χ0) is 22.7. The normalized spacial score (nSPS) is 27.9. The van der Waals surface area contributed by atoms with Crippen molar-refractivity contribution in [1.82, 2.24) is 0 Å². The van der Waals surface area contributed by atoms with E-state index in [1.54, 1.807) is 0 Å². The van der Waals surface area contributed by atoms with Crippen molar-refractivity contribution < 1.29 is 0 Å². The van der Waals surface area contributed by atoms with Crippen molar-refractivity contribution >= 4 is 0 Å². The zero-order valence-electron chi connectivity index (χ0n) is 22.7. The van der Waals surface area contributed by atoms with Gasteiger partial charge >= 0.3 is 0 Å². The van der Waals surface area contributed by atoms with Gasteiger partial charge in [-0.1, -0.05) is 111 Å². The predicted molar refractivity (Wildman–Crippen MR) is 147 cm³/mol. The van der Waals surface area contributed by atoms with Crippen LogP contribution in [0, 0.1) is 45.3 Å². The fourth-order valence-electron chi connectivity index (χ4n) is 5.92. The number of hydrogen-bond donors (Lipinski definition) is 0. The van der Waals surface area contributed by atoms with Gasteiger partial charge in [0, 0.05) is 0 Å². The summed E-state index contributed by atoms with van der Waals surface area (Å²) in [6.07, 6.45) is 13.1. The lowest BCUT2D eigenvalue weighted by atomic mass is 9.64. The summed E-state index contributed by atoms with van der Waals surface area (Å²) in [4.78, 5) is 0. The highest BCUT2D eigenvalue weighted by atomic mass is 14.4. The molecule has 0 bridgehead atoms. The molecule has 0 radical (unpaired) electrons. The maximum Gasteiger partial charge on any atom is -0.0354 e. The molecule has 0 amide bonds. The fraction of sp³-hybridized carbons (Fsp3) is 1.00. The summed E-state index contributed by atoms with van der Waals surface area (Å²) < 4.78 is 0.